The summed E-state index contributed by atoms with van der Waals surface area (Å²) in [4.78, 5) is 0. The van der Waals surface area contributed by atoms with Gasteiger partial charge in [0, 0.05) is 18.6 Å². The average molecular weight is 184 g/mol. The van der Waals surface area contributed by atoms with Crippen LogP contribution in [0.2, 0.25) is 0 Å². The minimum absolute atomic E-state index is 0.110. The van der Waals surface area contributed by atoms with Gasteiger partial charge in [-0.3, -0.25) is 0 Å². The second kappa shape index (κ2) is 4.67. The Kier molecular flexibility index (Phi) is 4.55. The molecule has 0 aromatic heterocycles. The van der Waals surface area contributed by atoms with E-state index < -0.39 is 18.6 Å². The molecule has 0 saturated heterocycles. The van der Waals surface area contributed by atoms with Crippen molar-refractivity contribution in [2.24, 2.45) is 5.73 Å². The van der Waals surface area contributed by atoms with Gasteiger partial charge in [0.1, 0.15) is 0 Å². The molecule has 74 valence electrons. The molecule has 12 heavy (non-hydrogen) atoms. The van der Waals surface area contributed by atoms with Crippen LogP contribution >= 0.6 is 0 Å². The first-order chi connectivity index (χ1) is 5.31. The van der Waals surface area contributed by atoms with Crippen LogP contribution in [-0.2, 0) is 0 Å². The highest BCUT2D eigenvalue weighted by molar-refractivity contribution is 4.68. The lowest BCUT2D eigenvalue weighted by molar-refractivity contribution is -0.139. The van der Waals surface area contributed by atoms with E-state index >= 15 is 0 Å². The number of hydrogen-bond acceptors (Lipinski definition) is 2. The van der Waals surface area contributed by atoms with E-state index in [4.69, 9.17) is 5.73 Å². The Bertz CT molecular complexity index is 122. The van der Waals surface area contributed by atoms with Crippen LogP contribution in [0.1, 0.15) is 20.3 Å². The Morgan fingerprint density at radius 1 is 1.33 bits per heavy atom. The van der Waals surface area contributed by atoms with E-state index in [-0.39, 0.29) is 6.04 Å². The maximum atomic E-state index is 11.8. The summed E-state index contributed by atoms with van der Waals surface area (Å²) in [7, 11) is 0. The summed E-state index contributed by atoms with van der Waals surface area (Å²) >= 11 is 0. The normalized spacial score (nSPS) is 17.5. The monoisotopic (exact) mass is 184 g/mol. The molecule has 5 heteroatoms. The van der Waals surface area contributed by atoms with Crippen molar-refractivity contribution in [3.05, 3.63) is 0 Å². The van der Waals surface area contributed by atoms with Gasteiger partial charge in [-0.05, 0) is 13.8 Å². The lowest BCUT2D eigenvalue weighted by Crippen LogP contribution is -2.38. The molecule has 0 saturated carbocycles. The minimum Gasteiger partial charge on any atom is -0.327 e. The molecule has 0 aliphatic carbocycles. The van der Waals surface area contributed by atoms with E-state index in [1.165, 1.54) is 6.92 Å². The Morgan fingerprint density at radius 2 is 1.83 bits per heavy atom. The molecular weight excluding hydrogens is 169 g/mol. The van der Waals surface area contributed by atoms with Crippen LogP contribution in [0.15, 0.2) is 0 Å². The van der Waals surface area contributed by atoms with Crippen molar-refractivity contribution < 1.29 is 13.2 Å². The van der Waals surface area contributed by atoms with Gasteiger partial charge in [0.25, 0.3) is 0 Å². The molecule has 0 bridgehead atoms. The van der Waals surface area contributed by atoms with Crippen molar-refractivity contribution in [2.45, 2.75) is 38.5 Å². The summed E-state index contributed by atoms with van der Waals surface area (Å²) in [5.41, 5.74) is 5.36. The van der Waals surface area contributed by atoms with Crippen LogP contribution in [0.3, 0.4) is 0 Å². The fourth-order valence-corrected chi connectivity index (χ4v) is 0.806. The lowest BCUT2D eigenvalue weighted by atomic mass is 10.2. The van der Waals surface area contributed by atoms with Crippen molar-refractivity contribution >= 4 is 0 Å². The number of nitrogens with two attached hydrogens (primary N) is 1. The van der Waals surface area contributed by atoms with E-state index in [1.807, 2.05) is 0 Å². The zero-order chi connectivity index (χ0) is 9.78. The molecule has 3 N–H and O–H groups in total. The highest BCUT2D eigenvalue weighted by Gasteiger charge is 2.29. The van der Waals surface area contributed by atoms with Crippen LogP contribution in [-0.4, -0.2) is 24.8 Å². The molecule has 0 aromatic carbocycles. The summed E-state index contributed by atoms with van der Waals surface area (Å²) in [5, 5.41) is 2.69. The molecule has 0 rings (SSSR count). The van der Waals surface area contributed by atoms with Crippen LogP contribution < -0.4 is 11.1 Å². The molecule has 0 aliphatic rings. The maximum Gasteiger partial charge on any atom is 0.390 e. The topological polar surface area (TPSA) is 38.0 Å². The van der Waals surface area contributed by atoms with Gasteiger partial charge in [0.2, 0.25) is 0 Å². The van der Waals surface area contributed by atoms with Crippen LogP contribution in [0.5, 0.6) is 0 Å². The van der Waals surface area contributed by atoms with Gasteiger partial charge >= 0.3 is 6.18 Å². The van der Waals surface area contributed by atoms with Gasteiger partial charge < -0.3 is 11.1 Å². The van der Waals surface area contributed by atoms with E-state index in [0.717, 1.165) is 0 Å². The van der Waals surface area contributed by atoms with E-state index in [9.17, 15) is 13.2 Å². The number of alkyl halides is 3. The molecular formula is C7H15F3N2. The second-order valence-electron chi connectivity index (χ2n) is 3.11. The van der Waals surface area contributed by atoms with E-state index in [0.29, 0.717) is 6.54 Å². The average Bonchev–Trinajstić information content (AvgIpc) is 1.79. The molecule has 2 nitrogen and oxygen atoms in total. The first-order valence-corrected chi connectivity index (χ1v) is 3.87. The Hall–Kier alpha value is -0.290. The SMILES string of the molecule is CC(N)CNC(C)CC(F)(F)F. The summed E-state index contributed by atoms with van der Waals surface area (Å²) in [6.45, 7) is 3.65. The Balaban J connectivity index is 3.53. The van der Waals surface area contributed by atoms with Gasteiger partial charge in [-0.1, -0.05) is 0 Å². The molecule has 0 spiro atoms. The molecule has 0 heterocycles. The predicted molar refractivity (Wildman–Crippen MR) is 41.8 cm³/mol. The Labute approximate surface area is 70.3 Å². The number of hydrogen-bond donors (Lipinski definition) is 2. The fourth-order valence-electron chi connectivity index (χ4n) is 0.806. The highest BCUT2D eigenvalue weighted by Crippen LogP contribution is 2.21. The predicted octanol–water partition coefficient (Wildman–Crippen LogP) is 1.26. The number of nitrogens with one attached hydrogen (secondary N) is 1. The van der Waals surface area contributed by atoms with Crippen molar-refractivity contribution in [1.82, 2.24) is 5.32 Å². The summed E-state index contributed by atoms with van der Waals surface area (Å²) < 4.78 is 35.3. The van der Waals surface area contributed by atoms with Gasteiger partial charge in [0.15, 0.2) is 0 Å². The fraction of sp³-hybridized carbons (Fsp3) is 1.00. The first kappa shape index (κ1) is 11.7. The quantitative estimate of drug-likeness (QED) is 0.690. The zero-order valence-corrected chi connectivity index (χ0v) is 7.28. The molecule has 0 radical (unpaired) electrons. The zero-order valence-electron chi connectivity index (χ0n) is 7.28. The molecule has 0 aromatic rings. The highest BCUT2D eigenvalue weighted by atomic mass is 19.4. The van der Waals surface area contributed by atoms with Crippen molar-refractivity contribution in [2.75, 3.05) is 6.54 Å². The van der Waals surface area contributed by atoms with Gasteiger partial charge in [-0.15, -0.1) is 0 Å². The van der Waals surface area contributed by atoms with Gasteiger partial charge in [-0.25, -0.2) is 0 Å². The summed E-state index contributed by atoms with van der Waals surface area (Å²) in [5.74, 6) is 0. The van der Waals surface area contributed by atoms with Crippen LogP contribution in [0, 0.1) is 0 Å². The molecule has 0 amide bonds. The van der Waals surface area contributed by atoms with Crippen molar-refractivity contribution in [3.63, 3.8) is 0 Å². The smallest absolute Gasteiger partial charge is 0.327 e. The van der Waals surface area contributed by atoms with Crippen LogP contribution in [0.25, 0.3) is 0 Å². The van der Waals surface area contributed by atoms with Gasteiger partial charge in [0.05, 0.1) is 6.42 Å². The summed E-state index contributed by atoms with van der Waals surface area (Å²) in [6, 6.07) is -0.670. The van der Waals surface area contributed by atoms with Crippen molar-refractivity contribution in [3.8, 4) is 0 Å². The molecule has 2 unspecified atom stereocenters. The third-order valence-electron chi connectivity index (χ3n) is 1.33. The maximum absolute atomic E-state index is 11.8. The van der Waals surface area contributed by atoms with Gasteiger partial charge in [-0.2, -0.15) is 13.2 Å². The summed E-state index contributed by atoms with van der Waals surface area (Å²) in [6.07, 6.45) is -4.90. The molecule has 0 aliphatic heterocycles. The standard InChI is InChI=1S/C7H15F3N2/c1-5(11)4-12-6(2)3-7(8,9)10/h5-6,12H,3-4,11H2,1-2H3. The van der Waals surface area contributed by atoms with E-state index in [2.05, 4.69) is 5.32 Å². The van der Waals surface area contributed by atoms with Crippen LogP contribution in [0.4, 0.5) is 13.2 Å². The first-order valence-electron chi connectivity index (χ1n) is 3.87. The Morgan fingerprint density at radius 3 is 2.17 bits per heavy atom. The third kappa shape index (κ3) is 7.81. The molecule has 2 atom stereocenters. The minimum atomic E-state index is -4.09. The van der Waals surface area contributed by atoms with Crippen molar-refractivity contribution in [1.29, 1.82) is 0 Å². The second-order valence-corrected chi connectivity index (χ2v) is 3.11. The number of rotatable bonds is 4. The third-order valence-corrected chi connectivity index (χ3v) is 1.33. The molecule has 0 fully saturated rings. The van der Waals surface area contributed by atoms with E-state index in [1.54, 1.807) is 6.92 Å². The lowest BCUT2D eigenvalue weighted by Gasteiger charge is -2.16. The largest absolute Gasteiger partial charge is 0.390 e. The number of halogens is 3.